The van der Waals surface area contributed by atoms with Crippen LogP contribution in [0.4, 0.5) is 17.2 Å². The molecule has 1 atom stereocenters. The van der Waals surface area contributed by atoms with Gasteiger partial charge >= 0.3 is 5.97 Å². The Morgan fingerprint density at radius 1 is 1.41 bits per heavy atom. The molecule has 0 saturated carbocycles. The lowest BCUT2D eigenvalue weighted by Gasteiger charge is -2.21. The molecule has 0 bridgehead atoms. The first kappa shape index (κ1) is 22.0. The van der Waals surface area contributed by atoms with Gasteiger partial charge in [0.1, 0.15) is 22.7 Å². The third-order valence-corrected chi connectivity index (χ3v) is 6.58. The minimum Gasteiger partial charge on any atom is -0.489 e. The number of rotatable bonds is 7. The van der Waals surface area contributed by atoms with Gasteiger partial charge in [-0.15, -0.1) is 11.3 Å². The molecule has 1 unspecified atom stereocenters. The largest absolute Gasteiger partial charge is 0.489 e. The predicted molar refractivity (Wildman–Crippen MR) is 127 cm³/mol. The van der Waals surface area contributed by atoms with Crippen LogP contribution in [0.3, 0.4) is 0 Å². The Bertz CT molecular complexity index is 1170. The van der Waals surface area contributed by atoms with Crippen molar-refractivity contribution < 1.29 is 14.3 Å². The quantitative estimate of drug-likeness (QED) is 0.274. The van der Waals surface area contributed by atoms with Crippen molar-refractivity contribution >= 4 is 50.9 Å². The molecule has 9 heteroatoms. The molecule has 0 aliphatic heterocycles. The van der Waals surface area contributed by atoms with E-state index in [2.05, 4.69) is 15.3 Å². The SMILES string of the molecule is CCOC(=O)C1CCc2c(sc3ncnc(Nc4cc(C=N)c(N)cc4OC(C)C)c23)C1. The summed E-state index contributed by atoms with van der Waals surface area (Å²) < 4.78 is 11.2. The van der Waals surface area contributed by atoms with Crippen LogP contribution in [-0.2, 0) is 22.4 Å². The fraction of sp³-hybridized carbons (Fsp3) is 0.391. The molecule has 1 aliphatic carbocycles. The van der Waals surface area contributed by atoms with Gasteiger partial charge in [0.2, 0.25) is 0 Å². The molecular weight excluding hydrogens is 426 g/mol. The van der Waals surface area contributed by atoms with Gasteiger partial charge in [-0.05, 0) is 51.7 Å². The molecule has 8 nitrogen and oxygen atoms in total. The Labute approximate surface area is 190 Å². The second-order valence-corrected chi connectivity index (χ2v) is 9.09. The molecule has 4 rings (SSSR count). The minimum absolute atomic E-state index is 0.0417. The molecule has 0 spiro atoms. The van der Waals surface area contributed by atoms with E-state index in [-0.39, 0.29) is 18.0 Å². The fourth-order valence-electron chi connectivity index (χ4n) is 3.98. The zero-order valence-electron chi connectivity index (χ0n) is 18.4. The molecule has 168 valence electrons. The third kappa shape index (κ3) is 4.25. The van der Waals surface area contributed by atoms with E-state index in [1.54, 1.807) is 23.5 Å². The number of carbonyl (C=O) groups excluding carboxylic acids is 1. The highest BCUT2D eigenvalue weighted by molar-refractivity contribution is 7.19. The lowest BCUT2D eigenvalue weighted by atomic mass is 9.88. The number of hydrogen-bond acceptors (Lipinski definition) is 9. The summed E-state index contributed by atoms with van der Waals surface area (Å²) >= 11 is 1.60. The van der Waals surface area contributed by atoms with Gasteiger partial charge in [0, 0.05) is 28.4 Å². The van der Waals surface area contributed by atoms with Crippen molar-refractivity contribution in [1.29, 1.82) is 5.41 Å². The second-order valence-electron chi connectivity index (χ2n) is 8.01. The number of carbonyl (C=O) groups is 1. The maximum absolute atomic E-state index is 12.2. The van der Waals surface area contributed by atoms with Crippen LogP contribution in [0.2, 0.25) is 0 Å². The zero-order valence-corrected chi connectivity index (χ0v) is 19.2. The van der Waals surface area contributed by atoms with Crippen molar-refractivity contribution in [3.05, 3.63) is 34.5 Å². The maximum Gasteiger partial charge on any atom is 0.309 e. The smallest absolute Gasteiger partial charge is 0.309 e. The van der Waals surface area contributed by atoms with Gasteiger partial charge in [-0.1, -0.05) is 0 Å². The standard InChI is InChI=1S/C23H27N5O3S/c1-4-30-23(29)13-5-6-15-19(8-13)32-22-20(15)21(26-11-27-22)28-17-7-14(10-24)16(25)9-18(17)31-12(2)3/h7,9-13,24H,4-6,8,25H2,1-3H3,(H,26,27,28). The summed E-state index contributed by atoms with van der Waals surface area (Å²) in [5, 5.41) is 12.0. The summed E-state index contributed by atoms with van der Waals surface area (Å²) in [5.41, 5.74) is 9.02. The van der Waals surface area contributed by atoms with Crippen molar-refractivity contribution in [3.63, 3.8) is 0 Å². The van der Waals surface area contributed by atoms with Gasteiger partial charge < -0.3 is 25.9 Å². The van der Waals surface area contributed by atoms with Crippen molar-refractivity contribution in [2.75, 3.05) is 17.7 Å². The van der Waals surface area contributed by atoms with E-state index < -0.39 is 0 Å². The fourth-order valence-corrected chi connectivity index (χ4v) is 5.25. The average Bonchev–Trinajstić information content (AvgIpc) is 3.14. The Balaban J connectivity index is 1.73. The highest BCUT2D eigenvalue weighted by atomic mass is 32.1. The lowest BCUT2D eigenvalue weighted by Crippen LogP contribution is -2.23. The van der Waals surface area contributed by atoms with Gasteiger partial charge in [-0.3, -0.25) is 4.79 Å². The molecule has 0 radical (unpaired) electrons. The minimum atomic E-state index is -0.128. The number of nitrogens with zero attached hydrogens (tertiary/aromatic N) is 2. The van der Waals surface area contributed by atoms with E-state index in [1.807, 2.05) is 20.8 Å². The Hall–Kier alpha value is -3.20. The summed E-state index contributed by atoms with van der Waals surface area (Å²) in [7, 11) is 0. The number of thiophene rings is 1. The van der Waals surface area contributed by atoms with Crippen LogP contribution >= 0.6 is 11.3 Å². The Morgan fingerprint density at radius 3 is 2.94 bits per heavy atom. The summed E-state index contributed by atoms with van der Waals surface area (Å²) in [4.78, 5) is 23.3. The van der Waals surface area contributed by atoms with E-state index in [9.17, 15) is 4.79 Å². The summed E-state index contributed by atoms with van der Waals surface area (Å²) in [5.74, 6) is 1.03. The van der Waals surface area contributed by atoms with E-state index >= 15 is 0 Å². The summed E-state index contributed by atoms with van der Waals surface area (Å²) in [6, 6.07) is 3.53. The average molecular weight is 454 g/mol. The molecule has 0 fully saturated rings. The molecule has 1 aliphatic rings. The van der Waals surface area contributed by atoms with Crippen LogP contribution in [-0.4, -0.2) is 34.9 Å². The molecule has 2 heterocycles. The third-order valence-electron chi connectivity index (χ3n) is 5.42. The highest BCUT2D eigenvalue weighted by Gasteiger charge is 2.30. The molecule has 3 aromatic rings. The summed E-state index contributed by atoms with van der Waals surface area (Å²) in [6.07, 6.45) is 4.89. The van der Waals surface area contributed by atoms with Crippen molar-refractivity contribution in [1.82, 2.24) is 9.97 Å². The number of nitrogen functional groups attached to an aromatic ring is 1. The van der Waals surface area contributed by atoms with Crippen LogP contribution in [0.5, 0.6) is 5.75 Å². The second kappa shape index (κ2) is 9.12. The number of hydrogen-bond donors (Lipinski definition) is 3. The number of nitrogens with one attached hydrogen (secondary N) is 2. The van der Waals surface area contributed by atoms with E-state index in [0.717, 1.165) is 27.9 Å². The van der Waals surface area contributed by atoms with Crippen LogP contribution in [0, 0.1) is 11.3 Å². The van der Waals surface area contributed by atoms with Crippen LogP contribution in [0.25, 0.3) is 10.2 Å². The van der Waals surface area contributed by atoms with Crippen LogP contribution < -0.4 is 15.8 Å². The van der Waals surface area contributed by atoms with E-state index in [0.29, 0.717) is 41.5 Å². The summed E-state index contributed by atoms with van der Waals surface area (Å²) in [6.45, 7) is 6.12. The normalized spacial score (nSPS) is 15.4. The topological polar surface area (TPSA) is 123 Å². The molecule has 32 heavy (non-hydrogen) atoms. The lowest BCUT2D eigenvalue weighted by molar-refractivity contribution is -0.148. The number of ether oxygens (including phenoxy) is 2. The number of aryl methyl sites for hydroxylation is 1. The van der Waals surface area contributed by atoms with Gasteiger partial charge in [0.25, 0.3) is 0 Å². The maximum atomic E-state index is 12.2. The molecule has 1 aromatic carbocycles. The molecule has 0 saturated heterocycles. The number of benzene rings is 1. The number of anilines is 3. The van der Waals surface area contributed by atoms with E-state index in [4.69, 9.17) is 20.6 Å². The molecular formula is C23H27N5O3S. The number of fused-ring (bicyclic) bond motifs is 3. The van der Waals surface area contributed by atoms with Gasteiger partial charge in [0.15, 0.2) is 0 Å². The van der Waals surface area contributed by atoms with Crippen LogP contribution in [0.15, 0.2) is 18.5 Å². The highest BCUT2D eigenvalue weighted by Crippen LogP contribution is 2.42. The van der Waals surface area contributed by atoms with Crippen LogP contribution in [0.1, 0.15) is 43.2 Å². The first-order valence-corrected chi connectivity index (χ1v) is 11.5. The van der Waals surface area contributed by atoms with Gasteiger partial charge in [-0.25, -0.2) is 9.97 Å². The van der Waals surface area contributed by atoms with Gasteiger partial charge in [0.05, 0.1) is 29.7 Å². The number of aromatic nitrogens is 2. The molecule has 2 aromatic heterocycles. The molecule has 0 amide bonds. The first-order valence-electron chi connectivity index (χ1n) is 10.7. The van der Waals surface area contributed by atoms with E-state index in [1.165, 1.54) is 18.1 Å². The first-order chi connectivity index (χ1) is 15.4. The number of esters is 1. The van der Waals surface area contributed by atoms with Crippen molar-refractivity contribution in [2.45, 2.75) is 46.1 Å². The van der Waals surface area contributed by atoms with Crippen molar-refractivity contribution in [3.8, 4) is 5.75 Å². The Kier molecular flexibility index (Phi) is 6.27. The molecule has 4 N–H and O–H groups in total. The predicted octanol–water partition coefficient (Wildman–Crippen LogP) is 4.47. The Morgan fingerprint density at radius 2 is 2.22 bits per heavy atom. The van der Waals surface area contributed by atoms with Gasteiger partial charge in [-0.2, -0.15) is 0 Å². The van der Waals surface area contributed by atoms with Crippen molar-refractivity contribution in [2.24, 2.45) is 5.92 Å². The monoisotopic (exact) mass is 453 g/mol. The number of nitrogens with two attached hydrogens (primary N) is 1. The zero-order chi connectivity index (χ0) is 22.8.